The molecular formula is C14H22N2O4. The van der Waals surface area contributed by atoms with Gasteiger partial charge < -0.3 is 9.47 Å². The van der Waals surface area contributed by atoms with E-state index in [-0.39, 0.29) is 19.6 Å². The molecule has 0 saturated heterocycles. The highest BCUT2D eigenvalue weighted by atomic mass is 16.6. The zero-order chi connectivity index (χ0) is 15.2. The van der Waals surface area contributed by atoms with Crippen LogP contribution in [0.1, 0.15) is 32.9 Å². The summed E-state index contributed by atoms with van der Waals surface area (Å²) in [6.07, 6.45) is 2.26. The summed E-state index contributed by atoms with van der Waals surface area (Å²) in [6.45, 7) is 5.65. The maximum atomic E-state index is 12.3. The SMILES string of the molecule is CCOC(=O)C(CC)(Cc1ccn(C)n1)C(=O)OCC. The van der Waals surface area contributed by atoms with Gasteiger partial charge in [-0.25, -0.2) is 0 Å². The highest BCUT2D eigenvalue weighted by Gasteiger charge is 2.47. The number of aryl methyl sites for hydroxylation is 1. The van der Waals surface area contributed by atoms with E-state index in [1.54, 1.807) is 44.8 Å². The zero-order valence-electron chi connectivity index (χ0n) is 12.5. The van der Waals surface area contributed by atoms with Gasteiger partial charge in [0, 0.05) is 19.7 Å². The first-order valence-corrected chi connectivity index (χ1v) is 6.83. The number of esters is 2. The Morgan fingerprint density at radius 1 is 1.20 bits per heavy atom. The van der Waals surface area contributed by atoms with E-state index in [4.69, 9.17) is 9.47 Å². The normalized spacial score (nSPS) is 11.2. The summed E-state index contributed by atoms with van der Waals surface area (Å²) in [4.78, 5) is 24.5. The molecule has 1 aromatic rings. The summed E-state index contributed by atoms with van der Waals surface area (Å²) >= 11 is 0. The Kier molecular flexibility index (Phi) is 5.73. The third kappa shape index (κ3) is 3.37. The Balaban J connectivity index is 3.09. The van der Waals surface area contributed by atoms with Crippen LogP contribution in [0.5, 0.6) is 0 Å². The van der Waals surface area contributed by atoms with Crippen LogP contribution in [0.2, 0.25) is 0 Å². The number of nitrogens with zero attached hydrogens (tertiary/aromatic N) is 2. The summed E-state index contributed by atoms with van der Waals surface area (Å²) in [7, 11) is 1.78. The van der Waals surface area contributed by atoms with Crippen molar-refractivity contribution in [3.8, 4) is 0 Å². The van der Waals surface area contributed by atoms with Crippen LogP contribution in [0.15, 0.2) is 12.3 Å². The molecule has 1 rings (SSSR count). The van der Waals surface area contributed by atoms with E-state index in [0.29, 0.717) is 12.1 Å². The number of hydrogen-bond donors (Lipinski definition) is 0. The van der Waals surface area contributed by atoms with Crippen molar-refractivity contribution in [3.05, 3.63) is 18.0 Å². The molecule has 6 heteroatoms. The molecule has 1 heterocycles. The van der Waals surface area contributed by atoms with Crippen molar-refractivity contribution in [2.75, 3.05) is 13.2 Å². The van der Waals surface area contributed by atoms with Gasteiger partial charge in [-0.05, 0) is 26.3 Å². The number of aromatic nitrogens is 2. The predicted molar refractivity (Wildman–Crippen MR) is 72.9 cm³/mol. The summed E-state index contributed by atoms with van der Waals surface area (Å²) in [5.74, 6) is -1.10. The fraction of sp³-hybridized carbons (Fsp3) is 0.643. The van der Waals surface area contributed by atoms with E-state index in [2.05, 4.69) is 5.10 Å². The van der Waals surface area contributed by atoms with Crippen LogP contribution < -0.4 is 0 Å². The molecule has 0 fully saturated rings. The van der Waals surface area contributed by atoms with E-state index in [9.17, 15) is 9.59 Å². The average molecular weight is 282 g/mol. The first kappa shape index (κ1) is 16.2. The third-order valence-corrected chi connectivity index (χ3v) is 3.19. The van der Waals surface area contributed by atoms with Crippen molar-refractivity contribution >= 4 is 11.9 Å². The minimum atomic E-state index is -1.32. The average Bonchev–Trinajstić information content (AvgIpc) is 2.81. The van der Waals surface area contributed by atoms with Crippen LogP contribution in [0.25, 0.3) is 0 Å². The van der Waals surface area contributed by atoms with Crippen molar-refractivity contribution in [2.24, 2.45) is 12.5 Å². The molecule has 1 aromatic heterocycles. The molecule has 0 N–H and O–H groups in total. The molecule has 0 spiro atoms. The highest BCUT2D eigenvalue weighted by molar-refractivity contribution is 6.00. The second-order valence-electron chi connectivity index (χ2n) is 4.53. The van der Waals surface area contributed by atoms with Crippen LogP contribution in [0.3, 0.4) is 0 Å². The number of hydrogen-bond acceptors (Lipinski definition) is 5. The van der Waals surface area contributed by atoms with Crippen LogP contribution >= 0.6 is 0 Å². The molecule has 0 aliphatic rings. The van der Waals surface area contributed by atoms with Gasteiger partial charge in [-0.3, -0.25) is 14.3 Å². The van der Waals surface area contributed by atoms with Crippen molar-refractivity contribution in [1.82, 2.24) is 9.78 Å². The van der Waals surface area contributed by atoms with Crippen LogP contribution in [-0.4, -0.2) is 34.9 Å². The Bertz CT molecular complexity index is 449. The molecule has 0 aliphatic heterocycles. The highest BCUT2D eigenvalue weighted by Crippen LogP contribution is 2.30. The lowest BCUT2D eigenvalue weighted by atomic mass is 9.80. The van der Waals surface area contributed by atoms with Gasteiger partial charge in [0.2, 0.25) is 0 Å². The minimum Gasteiger partial charge on any atom is -0.465 e. The molecular weight excluding hydrogens is 260 g/mol. The number of ether oxygens (including phenoxy) is 2. The Morgan fingerprint density at radius 3 is 2.10 bits per heavy atom. The van der Waals surface area contributed by atoms with Crippen LogP contribution in [0, 0.1) is 5.41 Å². The molecule has 0 amide bonds. The molecule has 6 nitrogen and oxygen atoms in total. The molecule has 0 unspecified atom stereocenters. The Labute approximate surface area is 119 Å². The van der Waals surface area contributed by atoms with Crippen molar-refractivity contribution in [1.29, 1.82) is 0 Å². The van der Waals surface area contributed by atoms with Gasteiger partial charge in [-0.15, -0.1) is 0 Å². The number of carbonyl (C=O) groups excluding carboxylic acids is 2. The van der Waals surface area contributed by atoms with Gasteiger partial charge in [-0.2, -0.15) is 5.10 Å². The first-order valence-electron chi connectivity index (χ1n) is 6.83. The Morgan fingerprint density at radius 2 is 1.75 bits per heavy atom. The lowest BCUT2D eigenvalue weighted by Gasteiger charge is -2.27. The largest absolute Gasteiger partial charge is 0.465 e. The molecule has 0 bridgehead atoms. The zero-order valence-corrected chi connectivity index (χ0v) is 12.5. The maximum absolute atomic E-state index is 12.3. The molecule has 0 atom stereocenters. The summed E-state index contributed by atoms with van der Waals surface area (Å²) in [6, 6.07) is 1.78. The van der Waals surface area contributed by atoms with E-state index >= 15 is 0 Å². The van der Waals surface area contributed by atoms with Gasteiger partial charge in [0.1, 0.15) is 0 Å². The fourth-order valence-electron chi connectivity index (χ4n) is 2.05. The summed E-state index contributed by atoms with van der Waals surface area (Å²) in [5, 5.41) is 4.23. The second-order valence-corrected chi connectivity index (χ2v) is 4.53. The molecule has 0 saturated carbocycles. The first-order chi connectivity index (χ1) is 9.50. The molecule has 112 valence electrons. The van der Waals surface area contributed by atoms with Crippen molar-refractivity contribution in [3.63, 3.8) is 0 Å². The third-order valence-electron chi connectivity index (χ3n) is 3.19. The van der Waals surface area contributed by atoms with Gasteiger partial charge in [0.05, 0.1) is 18.9 Å². The van der Waals surface area contributed by atoms with Gasteiger partial charge in [0.15, 0.2) is 5.41 Å². The smallest absolute Gasteiger partial charge is 0.323 e. The molecule has 0 aliphatic carbocycles. The van der Waals surface area contributed by atoms with E-state index in [0.717, 1.165) is 0 Å². The van der Waals surface area contributed by atoms with E-state index in [1.807, 2.05) is 0 Å². The lowest BCUT2D eigenvalue weighted by Crippen LogP contribution is -2.43. The van der Waals surface area contributed by atoms with Crippen LogP contribution in [-0.2, 0) is 32.5 Å². The number of carbonyl (C=O) groups is 2. The van der Waals surface area contributed by atoms with Gasteiger partial charge >= 0.3 is 11.9 Å². The summed E-state index contributed by atoms with van der Waals surface area (Å²) < 4.78 is 11.8. The molecule has 0 aromatic carbocycles. The maximum Gasteiger partial charge on any atom is 0.323 e. The van der Waals surface area contributed by atoms with Crippen LogP contribution in [0.4, 0.5) is 0 Å². The quantitative estimate of drug-likeness (QED) is 0.559. The Hall–Kier alpha value is -1.85. The van der Waals surface area contributed by atoms with Gasteiger partial charge in [0.25, 0.3) is 0 Å². The van der Waals surface area contributed by atoms with Crippen molar-refractivity contribution in [2.45, 2.75) is 33.6 Å². The minimum absolute atomic E-state index is 0.183. The topological polar surface area (TPSA) is 70.4 Å². The number of rotatable bonds is 7. The monoisotopic (exact) mass is 282 g/mol. The second kappa shape index (κ2) is 7.07. The van der Waals surface area contributed by atoms with Gasteiger partial charge in [-0.1, -0.05) is 6.92 Å². The lowest BCUT2D eigenvalue weighted by molar-refractivity contribution is -0.172. The standard InChI is InChI=1S/C14H22N2O4/c1-5-14(12(17)19-6-2,13(18)20-7-3)10-11-8-9-16(4)15-11/h8-9H,5-7,10H2,1-4H3. The van der Waals surface area contributed by atoms with E-state index in [1.165, 1.54) is 0 Å². The fourth-order valence-corrected chi connectivity index (χ4v) is 2.05. The van der Waals surface area contributed by atoms with Crippen molar-refractivity contribution < 1.29 is 19.1 Å². The molecule has 20 heavy (non-hydrogen) atoms. The predicted octanol–water partition coefficient (Wildman–Crippen LogP) is 1.49. The summed E-state index contributed by atoms with van der Waals surface area (Å²) in [5.41, 5.74) is -0.657. The van der Waals surface area contributed by atoms with E-state index < -0.39 is 17.4 Å². The molecule has 0 radical (unpaired) electrons.